The molecule has 0 atom stereocenters. The van der Waals surface area contributed by atoms with Crippen molar-refractivity contribution in [2.75, 3.05) is 42.6 Å². The van der Waals surface area contributed by atoms with E-state index < -0.39 is 0 Å². The molecule has 3 N–H and O–H groups in total. The number of benzene rings is 2. The number of phenols is 3. The molecule has 0 aliphatic heterocycles. The van der Waals surface area contributed by atoms with Crippen LogP contribution in [0.1, 0.15) is 45.7 Å². The molecule has 0 amide bonds. The van der Waals surface area contributed by atoms with Gasteiger partial charge in [0.25, 0.3) is 0 Å². The molecule has 0 spiro atoms. The molecule has 208 valence electrons. The van der Waals surface area contributed by atoms with Crippen molar-refractivity contribution < 1.29 is 29.1 Å². The molecule has 0 saturated carbocycles. The van der Waals surface area contributed by atoms with Crippen LogP contribution in [0.5, 0.6) is 23.0 Å². The number of rotatable bonds is 12. The fourth-order valence-electron chi connectivity index (χ4n) is 4.74. The highest BCUT2D eigenvalue weighted by Gasteiger charge is 2.29. The third kappa shape index (κ3) is 5.45. The molecule has 0 fully saturated rings. The van der Waals surface area contributed by atoms with Gasteiger partial charge in [-0.25, -0.2) is 0 Å². The van der Waals surface area contributed by atoms with Crippen molar-refractivity contribution in [1.29, 1.82) is 0 Å². The van der Waals surface area contributed by atoms with Gasteiger partial charge in [-0.3, -0.25) is 0 Å². The minimum absolute atomic E-state index is 0.00938. The summed E-state index contributed by atoms with van der Waals surface area (Å²) in [5.41, 5.74) is 2.35. The summed E-state index contributed by atoms with van der Waals surface area (Å²) in [5, 5.41) is 40.3. The molecular weight excluding hydrogens is 500 g/mol. The molecule has 39 heavy (non-hydrogen) atoms. The first kappa shape index (κ1) is 27.7. The molecule has 10 heteroatoms. The number of hydrogen-bond donors (Lipinski definition) is 3. The van der Waals surface area contributed by atoms with E-state index >= 15 is 0 Å². The Morgan fingerprint density at radius 3 is 1.62 bits per heavy atom. The van der Waals surface area contributed by atoms with Crippen LogP contribution >= 0.6 is 0 Å². The maximum atomic E-state index is 10.9. The van der Waals surface area contributed by atoms with E-state index in [1.807, 2.05) is 34.6 Å². The highest BCUT2D eigenvalue weighted by Crippen LogP contribution is 2.43. The summed E-state index contributed by atoms with van der Waals surface area (Å²) in [6, 6.07) is 9.44. The molecule has 0 saturated heterocycles. The molecule has 0 radical (unpaired) electrons. The van der Waals surface area contributed by atoms with E-state index in [-0.39, 0.29) is 17.2 Å². The van der Waals surface area contributed by atoms with Gasteiger partial charge in [0.2, 0.25) is 0 Å². The van der Waals surface area contributed by atoms with Gasteiger partial charge < -0.3 is 38.9 Å². The maximum Gasteiger partial charge on any atom is 0.176 e. The van der Waals surface area contributed by atoms with E-state index in [1.54, 1.807) is 24.3 Å². The van der Waals surface area contributed by atoms with Crippen LogP contribution in [0.25, 0.3) is 22.6 Å². The lowest BCUT2D eigenvalue weighted by molar-refractivity contribution is 0.337. The molecule has 2 aromatic carbocycles. The van der Waals surface area contributed by atoms with E-state index in [2.05, 4.69) is 20.1 Å². The Morgan fingerprint density at radius 2 is 1.18 bits per heavy atom. The third-order valence-electron chi connectivity index (χ3n) is 6.77. The Kier molecular flexibility index (Phi) is 8.53. The normalized spacial score (nSPS) is 11.1. The molecule has 0 aliphatic carbocycles. The van der Waals surface area contributed by atoms with Crippen molar-refractivity contribution in [3.8, 4) is 45.6 Å². The van der Waals surface area contributed by atoms with Crippen LogP contribution in [0.15, 0.2) is 45.4 Å². The standard InChI is InChI=1S/C29H36N4O6/c1-6-32(7-2)28-22(26(38-30-28)20-13-11-18(34)15-24(20)35)17-23-27(39-31-29(23)33(8-3)9-4)21-14-12-19(37-10-5)16-25(21)36/h11-16,34-36H,6-10,17H2,1-5H3. The second kappa shape index (κ2) is 12.0. The Bertz CT molecular complexity index is 1410. The van der Waals surface area contributed by atoms with Gasteiger partial charge in [0.1, 0.15) is 23.0 Å². The molecule has 4 rings (SSSR count). The molecule has 2 aromatic heterocycles. The third-order valence-corrected chi connectivity index (χ3v) is 6.77. The Balaban J connectivity index is 1.93. The summed E-state index contributed by atoms with van der Waals surface area (Å²) in [7, 11) is 0. The fourth-order valence-corrected chi connectivity index (χ4v) is 4.74. The topological polar surface area (TPSA) is 128 Å². The summed E-state index contributed by atoms with van der Waals surface area (Å²) in [6.07, 6.45) is 0.294. The van der Waals surface area contributed by atoms with Crippen molar-refractivity contribution in [2.24, 2.45) is 0 Å². The van der Waals surface area contributed by atoms with Crippen molar-refractivity contribution in [3.63, 3.8) is 0 Å². The van der Waals surface area contributed by atoms with Crippen LogP contribution in [0.3, 0.4) is 0 Å². The molecular formula is C29H36N4O6. The lowest BCUT2D eigenvalue weighted by atomic mass is 9.97. The zero-order valence-electron chi connectivity index (χ0n) is 23.1. The van der Waals surface area contributed by atoms with E-state index in [9.17, 15) is 15.3 Å². The minimum Gasteiger partial charge on any atom is -0.508 e. The SMILES string of the molecule is CCOc1ccc(-c2onc(N(CC)CC)c2Cc2c(N(CC)CC)noc2-c2ccc(O)cc2O)c(O)c1. The van der Waals surface area contributed by atoms with Gasteiger partial charge in [0.15, 0.2) is 23.2 Å². The average molecular weight is 537 g/mol. The summed E-state index contributed by atoms with van der Waals surface area (Å²) in [6.45, 7) is 13.3. The Hall–Kier alpha value is -4.34. The van der Waals surface area contributed by atoms with Gasteiger partial charge in [0, 0.05) is 55.9 Å². The number of hydrogen-bond acceptors (Lipinski definition) is 10. The van der Waals surface area contributed by atoms with Crippen molar-refractivity contribution >= 4 is 11.6 Å². The van der Waals surface area contributed by atoms with Gasteiger partial charge in [-0.05, 0) is 58.9 Å². The van der Waals surface area contributed by atoms with E-state index in [4.69, 9.17) is 13.8 Å². The van der Waals surface area contributed by atoms with Crippen LogP contribution < -0.4 is 14.5 Å². The van der Waals surface area contributed by atoms with Crippen molar-refractivity contribution in [1.82, 2.24) is 10.3 Å². The molecule has 0 aliphatic rings. The summed E-state index contributed by atoms with van der Waals surface area (Å²) < 4.78 is 17.3. The first-order valence-electron chi connectivity index (χ1n) is 13.3. The zero-order valence-corrected chi connectivity index (χ0v) is 23.1. The van der Waals surface area contributed by atoms with Gasteiger partial charge in [-0.2, -0.15) is 0 Å². The lowest BCUT2D eigenvalue weighted by Gasteiger charge is -2.21. The lowest BCUT2D eigenvalue weighted by Crippen LogP contribution is -2.24. The number of ether oxygens (including phenoxy) is 1. The molecule has 10 nitrogen and oxygen atoms in total. The first-order valence-corrected chi connectivity index (χ1v) is 13.3. The summed E-state index contributed by atoms with van der Waals surface area (Å²) >= 11 is 0. The highest BCUT2D eigenvalue weighted by atomic mass is 16.5. The quantitative estimate of drug-likeness (QED) is 0.204. The molecule has 2 heterocycles. The minimum atomic E-state index is -0.128. The van der Waals surface area contributed by atoms with E-state index in [0.29, 0.717) is 79.2 Å². The predicted octanol–water partition coefficient (Wildman–Crippen LogP) is 5.80. The van der Waals surface area contributed by atoms with Gasteiger partial charge >= 0.3 is 0 Å². The molecule has 0 unspecified atom stereocenters. The average Bonchev–Trinajstić information content (AvgIpc) is 3.51. The number of phenolic OH excluding ortho intramolecular Hbond substituents is 3. The smallest absolute Gasteiger partial charge is 0.176 e. The monoisotopic (exact) mass is 536 g/mol. The van der Waals surface area contributed by atoms with Crippen molar-refractivity contribution in [3.05, 3.63) is 47.5 Å². The van der Waals surface area contributed by atoms with Crippen LogP contribution in [0.4, 0.5) is 11.6 Å². The maximum absolute atomic E-state index is 10.9. The Labute approximate surface area is 228 Å². The predicted molar refractivity (Wildman–Crippen MR) is 150 cm³/mol. The van der Waals surface area contributed by atoms with Crippen molar-refractivity contribution in [2.45, 2.75) is 41.0 Å². The molecule has 0 bridgehead atoms. The second-order valence-electron chi connectivity index (χ2n) is 8.96. The second-order valence-corrected chi connectivity index (χ2v) is 8.96. The summed E-state index contributed by atoms with van der Waals surface area (Å²) in [5.74, 6) is 2.46. The number of anilines is 2. The van der Waals surface area contributed by atoms with Crippen LogP contribution in [-0.2, 0) is 6.42 Å². The van der Waals surface area contributed by atoms with Crippen LogP contribution in [0.2, 0.25) is 0 Å². The van der Waals surface area contributed by atoms with E-state index in [0.717, 1.165) is 11.1 Å². The zero-order chi connectivity index (χ0) is 28.1. The fraction of sp³-hybridized carbons (Fsp3) is 0.379. The largest absolute Gasteiger partial charge is 0.508 e. The number of aromatic nitrogens is 2. The van der Waals surface area contributed by atoms with Crippen LogP contribution in [0, 0.1) is 0 Å². The van der Waals surface area contributed by atoms with Gasteiger partial charge in [0.05, 0.1) is 17.7 Å². The van der Waals surface area contributed by atoms with Gasteiger partial charge in [-0.1, -0.05) is 10.3 Å². The number of nitrogens with zero attached hydrogens (tertiary/aromatic N) is 4. The van der Waals surface area contributed by atoms with Gasteiger partial charge in [-0.15, -0.1) is 0 Å². The molecule has 4 aromatic rings. The summed E-state index contributed by atoms with van der Waals surface area (Å²) in [4.78, 5) is 4.15. The van der Waals surface area contributed by atoms with E-state index in [1.165, 1.54) is 12.1 Å². The Morgan fingerprint density at radius 1 is 0.692 bits per heavy atom. The number of aromatic hydroxyl groups is 3. The first-order chi connectivity index (χ1) is 18.9. The highest BCUT2D eigenvalue weighted by molar-refractivity contribution is 5.78. The van der Waals surface area contributed by atoms with Crippen LogP contribution in [-0.4, -0.2) is 58.4 Å².